The maximum absolute atomic E-state index is 3.85. The Bertz CT molecular complexity index is 229. The van der Waals surface area contributed by atoms with E-state index in [0.29, 0.717) is 0 Å². The maximum atomic E-state index is 3.85. The van der Waals surface area contributed by atoms with Gasteiger partial charge in [-0.1, -0.05) is 20.8 Å². The van der Waals surface area contributed by atoms with Gasteiger partial charge in [0.15, 0.2) is 0 Å². The summed E-state index contributed by atoms with van der Waals surface area (Å²) in [6.45, 7) is 12.2. The van der Waals surface area contributed by atoms with Crippen LogP contribution in [0.15, 0.2) is 0 Å². The summed E-state index contributed by atoms with van der Waals surface area (Å²) in [5.41, 5.74) is 0. The molecule has 4 unspecified atom stereocenters. The third-order valence-corrected chi connectivity index (χ3v) is 4.92. The second-order valence-corrected chi connectivity index (χ2v) is 6.46. The van der Waals surface area contributed by atoms with Crippen molar-refractivity contribution in [2.24, 2.45) is 17.8 Å². The minimum atomic E-state index is 0.793. The van der Waals surface area contributed by atoms with E-state index < -0.39 is 0 Å². The lowest BCUT2D eigenvalue weighted by molar-refractivity contribution is 0.220. The summed E-state index contributed by atoms with van der Waals surface area (Å²) in [5.74, 6) is 2.73. The maximum Gasteiger partial charge on any atom is 0.00930 e. The molecule has 2 nitrogen and oxygen atoms in total. The van der Waals surface area contributed by atoms with Gasteiger partial charge >= 0.3 is 0 Å². The fraction of sp³-hybridized carbons (Fsp3) is 1.00. The smallest absolute Gasteiger partial charge is 0.00930 e. The number of nitrogens with one attached hydrogen (secondary N) is 1. The van der Waals surface area contributed by atoms with Crippen molar-refractivity contribution in [3.63, 3.8) is 0 Å². The Morgan fingerprint density at radius 3 is 2.65 bits per heavy atom. The van der Waals surface area contributed by atoms with Crippen LogP contribution in [0.1, 0.15) is 46.5 Å². The van der Waals surface area contributed by atoms with Crippen LogP contribution in [0.4, 0.5) is 0 Å². The second kappa shape index (κ2) is 6.19. The monoisotopic (exact) mass is 238 g/mol. The summed E-state index contributed by atoms with van der Waals surface area (Å²) in [5, 5.41) is 3.85. The van der Waals surface area contributed by atoms with Crippen molar-refractivity contribution in [3.8, 4) is 0 Å². The normalized spacial score (nSPS) is 39.7. The van der Waals surface area contributed by atoms with Gasteiger partial charge in [0.25, 0.3) is 0 Å². The first kappa shape index (κ1) is 13.4. The van der Waals surface area contributed by atoms with E-state index in [-0.39, 0.29) is 0 Å². The molecule has 1 N–H and O–H groups in total. The van der Waals surface area contributed by atoms with Gasteiger partial charge in [-0.05, 0) is 63.1 Å². The highest BCUT2D eigenvalue weighted by molar-refractivity contribution is 4.83. The van der Waals surface area contributed by atoms with Crippen molar-refractivity contribution in [1.82, 2.24) is 10.2 Å². The zero-order valence-corrected chi connectivity index (χ0v) is 11.9. The SMILES string of the molecule is CCN1CCC(CNC2CCC(C)CC2C)C1. The molecule has 100 valence electrons. The van der Waals surface area contributed by atoms with Crippen LogP contribution in [0.25, 0.3) is 0 Å². The van der Waals surface area contributed by atoms with Gasteiger partial charge in [-0.15, -0.1) is 0 Å². The van der Waals surface area contributed by atoms with Crippen LogP contribution in [0.2, 0.25) is 0 Å². The van der Waals surface area contributed by atoms with E-state index in [0.717, 1.165) is 23.8 Å². The second-order valence-electron chi connectivity index (χ2n) is 6.46. The van der Waals surface area contributed by atoms with Gasteiger partial charge in [-0.2, -0.15) is 0 Å². The molecule has 0 radical (unpaired) electrons. The molecular formula is C15H30N2. The van der Waals surface area contributed by atoms with Crippen molar-refractivity contribution in [1.29, 1.82) is 0 Å². The standard InChI is InChI=1S/C15H30N2/c1-4-17-8-7-14(11-17)10-16-15-6-5-12(2)9-13(15)3/h12-16H,4-11H2,1-3H3. The van der Waals surface area contributed by atoms with E-state index in [2.05, 4.69) is 31.0 Å². The molecule has 0 aromatic carbocycles. The van der Waals surface area contributed by atoms with Gasteiger partial charge < -0.3 is 10.2 Å². The lowest BCUT2D eigenvalue weighted by Gasteiger charge is -2.34. The Balaban J connectivity index is 1.68. The average Bonchev–Trinajstić information content (AvgIpc) is 2.76. The first-order chi connectivity index (χ1) is 8.19. The summed E-state index contributed by atoms with van der Waals surface area (Å²) in [4.78, 5) is 2.58. The van der Waals surface area contributed by atoms with E-state index in [9.17, 15) is 0 Å². The fourth-order valence-electron chi connectivity index (χ4n) is 3.65. The first-order valence-corrected chi connectivity index (χ1v) is 7.64. The van der Waals surface area contributed by atoms with Crippen LogP contribution in [0.3, 0.4) is 0 Å². The van der Waals surface area contributed by atoms with Crippen molar-refractivity contribution >= 4 is 0 Å². The van der Waals surface area contributed by atoms with Crippen LogP contribution >= 0.6 is 0 Å². The highest BCUT2D eigenvalue weighted by Gasteiger charge is 2.27. The molecule has 17 heavy (non-hydrogen) atoms. The predicted octanol–water partition coefficient (Wildman–Crippen LogP) is 2.74. The zero-order chi connectivity index (χ0) is 12.3. The minimum Gasteiger partial charge on any atom is -0.313 e. The fourth-order valence-corrected chi connectivity index (χ4v) is 3.65. The molecular weight excluding hydrogens is 208 g/mol. The molecule has 0 amide bonds. The van der Waals surface area contributed by atoms with Gasteiger partial charge in [0, 0.05) is 12.6 Å². The zero-order valence-electron chi connectivity index (χ0n) is 11.9. The third-order valence-electron chi connectivity index (χ3n) is 4.92. The van der Waals surface area contributed by atoms with E-state index in [1.165, 1.54) is 51.9 Å². The highest BCUT2D eigenvalue weighted by Crippen LogP contribution is 2.28. The van der Waals surface area contributed by atoms with Gasteiger partial charge in [0.2, 0.25) is 0 Å². The van der Waals surface area contributed by atoms with Crippen LogP contribution < -0.4 is 5.32 Å². The molecule has 2 fully saturated rings. The number of likely N-dealkylation sites (tertiary alicyclic amines) is 1. The Morgan fingerprint density at radius 1 is 1.18 bits per heavy atom. The molecule has 0 aromatic rings. The van der Waals surface area contributed by atoms with Crippen molar-refractivity contribution in [2.45, 2.75) is 52.5 Å². The third kappa shape index (κ3) is 3.69. The molecule has 1 aliphatic heterocycles. The number of hydrogen-bond donors (Lipinski definition) is 1. The molecule has 0 aromatic heterocycles. The molecule has 1 aliphatic carbocycles. The Kier molecular flexibility index (Phi) is 4.87. The average molecular weight is 238 g/mol. The van der Waals surface area contributed by atoms with Crippen molar-refractivity contribution < 1.29 is 0 Å². The summed E-state index contributed by atoms with van der Waals surface area (Å²) in [6, 6.07) is 0.793. The Labute approximate surface area is 107 Å². The summed E-state index contributed by atoms with van der Waals surface area (Å²) in [7, 11) is 0. The molecule has 2 aliphatic rings. The Morgan fingerprint density at radius 2 is 2.00 bits per heavy atom. The van der Waals surface area contributed by atoms with E-state index in [1.807, 2.05) is 0 Å². The van der Waals surface area contributed by atoms with Crippen LogP contribution in [-0.2, 0) is 0 Å². The predicted molar refractivity (Wildman–Crippen MR) is 74.2 cm³/mol. The molecule has 0 bridgehead atoms. The molecule has 0 spiro atoms. The van der Waals surface area contributed by atoms with Crippen LogP contribution in [0, 0.1) is 17.8 Å². The highest BCUT2D eigenvalue weighted by atomic mass is 15.1. The molecule has 4 atom stereocenters. The number of rotatable bonds is 4. The molecule has 1 saturated heterocycles. The Hall–Kier alpha value is -0.0800. The first-order valence-electron chi connectivity index (χ1n) is 7.64. The molecule has 1 saturated carbocycles. The van der Waals surface area contributed by atoms with E-state index in [4.69, 9.17) is 0 Å². The minimum absolute atomic E-state index is 0.793. The molecule has 2 heteroatoms. The quantitative estimate of drug-likeness (QED) is 0.810. The summed E-state index contributed by atoms with van der Waals surface area (Å²) >= 11 is 0. The lowest BCUT2D eigenvalue weighted by atomic mass is 9.80. The van der Waals surface area contributed by atoms with E-state index in [1.54, 1.807) is 0 Å². The molecule has 2 rings (SSSR count). The van der Waals surface area contributed by atoms with E-state index >= 15 is 0 Å². The van der Waals surface area contributed by atoms with Gasteiger partial charge in [0.1, 0.15) is 0 Å². The summed E-state index contributed by atoms with van der Waals surface area (Å²) in [6.07, 6.45) is 5.64. The van der Waals surface area contributed by atoms with Gasteiger partial charge in [0.05, 0.1) is 0 Å². The topological polar surface area (TPSA) is 15.3 Å². The number of hydrogen-bond acceptors (Lipinski definition) is 2. The van der Waals surface area contributed by atoms with Gasteiger partial charge in [-0.3, -0.25) is 0 Å². The van der Waals surface area contributed by atoms with Crippen LogP contribution in [0.5, 0.6) is 0 Å². The largest absolute Gasteiger partial charge is 0.313 e. The van der Waals surface area contributed by atoms with Crippen LogP contribution in [-0.4, -0.2) is 37.1 Å². The van der Waals surface area contributed by atoms with Gasteiger partial charge in [-0.25, -0.2) is 0 Å². The molecule has 1 heterocycles. The lowest BCUT2D eigenvalue weighted by Crippen LogP contribution is -2.41. The van der Waals surface area contributed by atoms with Crippen molar-refractivity contribution in [3.05, 3.63) is 0 Å². The van der Waals surface area contributed by atoms with Crippen molar-refractivity contribution in [2.75, 3.05) is 26.2 Å². The number of nitrogens with zero attached hydrogens (tertiary/aromatic N) is 1. The summed E-state index contributed by atoms with van der Waals surface area (Å²) < 4.78 is 0.